The minimum atomic E-state index is 0.433. The highest BCUT2D eigenvalue weighted by atomic mass is 15.2. The van der Waals surface area contributed by atoms with Crippen LogP contribution in [0, 0.1) is 0 Å². The molecular formula is C13H21N5. The van der Waals surface area contributed by atoms with Crippen molar-refractivity contribution in [2.24, 2.45) is 5.73 Å². The summed E-state index contributed by atoms with van der Waals surface area (Å²) in [5.74, 6) is 1.96. The predicted molar refractivity (Wildman–Crippen MR) is 72.7 cm³/mol. The average Bonchev–Trinajstić information content (AvgIpc) is 3.23. The highest BCUT2D eigenvalue weighted by Gasteiger charge is 2.24. The van der Waals surface area contributed by atoms with Crippen molar-refractivity contribution in [3.05, 3.63) is 12.4 Å². The summed E-state index contributed by atoms with van der Waals surface area (Å²) < 4.78 is 0. The summed E-state index contributed by atoms with van der Waals surface area (Å²) in [4.78, 5) is 11.0. The van der Waals surface area contributed by atoms with Gasteiger partial charge in [0.2, 0.25) is 0 Å². The molecule has 0 bridgehead atoms. The maximum atomic E-state index is 5.86. The van der Waals surface area contributed by atoms with Crippen molar-refractivity contribution in [1.82, 2.24) is 9.97 Å². The Morgan fingerprint density at radius 1 is 1.28 bits per heavy atom. The quantitative estimate of drug-likeness (QED) is 0.841. The number of nitrogens with zero attached hydrogens (tertiary/aromatic N) is 3. The number of rotatable bonds is 4. The first-order valence-electron chi connectivity index (χ1n) is 6.92. The summed E-state index contributed by atoms with van der Waals surface area (Å²) in [6, 6.07) is 3.12. The number of hydrogen-bond donors (Lipinski definition) is 2. The fourth-order valence-electron chi connectivity index (χ4n) is 2.57. The first kappa shape index (κ1) is 11.7. The van der Waals surface area contributed by atoms with Gasteiger partial charge in [-0.25, -0.2) is 9.97 Å². The van der Waals surface area contributed by atoms with E-state index in [1.165, 1.54) is 32.1 Å². The third-order valence-corrected chi connectivity index (χ3v) is 3.78. The minimum Gasteiger partial charge on any atom is -0.367 e. The molecule has 2 heterocycles. The fourth-order valence-corrected chi connectivity index (χ4v) is 2.57. The van der Waals surface area contributed by atoms with Gasteiger partial charge in [0.15, 0.2) is 0 Å². The van der Waals surface area contributed by atoms with E-state index in [9.17, 15) is 0 Å². The molecule has 0 spiro atoms. The molecule has 0 aromatic carbocycles. The molecule has 1 aliphatic carbocycles. The van der Waals surface area contributed by atoms with Gasteiger partial charge in [0.1, 0.15) is 18.0 Å². The smallest absolute Gasteiger partial charge is 0.134 e. The molecule has 1 aliphatic heterocycles. The van der Waals surface area contributed by atoms with Gasteiger partial charge in [0, 0.05) is 31.2 Å². The maximum absolute atomic E-state index is 5.86. The van der Waals surface area contributed by atoms with Crippen LogP contribution >= 0.6 is 0 Å². The molecule has 5 heteroatoms. The summed E-state index contributed by atoms with van der Waals surface area (Å²) in [5, 5.41) is 3.42. The van der Waals surface area contributed by atoms with Gasteiger partial charge in [-0.3, -0.25) is 0 Å². The van der Waals surface area contributed by atoms with Crippen LogP contribution in [-0.2, 0) is 0 Å². The second kappa shape index (κ2) is 5.10. The largest absolute Gasteiger partial charge is 0.367 e. The summed E-state index contributed by atoms with van der Waals surface area (Å²) in [6.07, 6.45) is 7.85. The standard InChI is InChI=1S/C13H21N5/c14-8-11-3-1-2-6-18(11)13-7-12(15-9-16-13)17-10-4-5-10/h7,9-11H,1-6,8,14H2,(H,15,16,17). The Bertz CT molecular complexity index is 404. The van der Waals surface area contributed by atoms with Crippen molar-refractivity contribution >= 4 is 11.6 Å². The zero-order chi connectivity index (χ0) is 12.4. The van der Waals surface area contributed by atoms with Gasteiger partial charge in [0.05, 0.1) is 0 Å². The van der Waals surface area contributed by atoms with E-state index in [0.717, 1.165) is 18.2 Å². The van der Waals surface area contributed by atoms with Crippen LogP contribution in [0.15, 0.2) is 12.4 Å². The van der Waals surface area contributed by atoms with Crippen molar-refractivity contribution in [1.29, 1.82) is 0 Å². The van der Waals surface area contributed by atoms with Gasteiger partial charge in [0.25, 0.3) is 0 Å². The number of nitrogens with two attached hydrogens (primary N) is 1. The minimum absolute atomic E-state index is 0.433. The fraction of sp³-hybridized carbons (Fsp3) is 0.692. The Morgan fingerprint density at radius 3 is 2.94 bits per heavy atom. The van der Waals surface area contributed by atoms with Crippen molar-refractivity contribution in [3.63, 3.8) is 0 Å². The lowest BCUT2D eigenvalue weighted by molar-refractivity contribution is 0.462. The normalized spacial score (nSPS) is 24.1. The van der Waals surface area contributed by atoms with Crippen LogP contribution in [-0.4, -0.2) is 35.1 Å². The van der Waals surface area contributed by atoms with Gasteiger partial charge < -0.3 is 16.0 Å². The molecule has 3 rings (SSSR count). The van der Waals surface area contributed by atoms with Gasteiger partial charge in [-0.2, -0.15) is 0 Å². The van der Waals surface area contributed by atoms with E-state index < -0.39 is 0 Å². The maximum Gasteiger partial charge on any atom is 0.134 e. The van der Waals surface area contributed by atoms with Crippen LogP contribution in [0.2, 0.25) is 0 Å². The Kier molecular flexibility index (Phi) is 3.32. The molecule has 1 saturated carbocycles. The summed E-state index contributed by atoms with van der Waals surface area (Å²) in [6.45, 7) is 1.76. The van der Waals surface area contributed by atoms with Crippen LogP contribution in [0.4, 0.5) is 11.6 Å². The molecule has 0 amide bonds. The monoisotopic (exact) mass is 247 g/mol. The lowest BCUT2D eigenvalue weighted by atomic mass is 10.0. The van der Waals surface area contributed by atoms with Crippen LogP contribution in [0.3, 0.4) is 0 Å². The van der Waals surface area contributed by atoms with Crippen LogP contribution in [0.5, 0.6) is 0 Å². The number of anilines is 2. The van der Waals surface area contributed by atoms with E-state index in [1.807, 2.05) is 0 Å². The average molecular weight is 247 g/mol. The topological polar surface area (TPSA) is 67.1 Å². The molecule has 2 aliphatic rings. The first-order chi connectivity index (χ1) is 8.86. The number of hydrogen-bond acceptors (Lipinski definition) is 5. The molecule has 3 N–H and O–H groups in total. The third-order valence-electron chi connectivity index (χ3n) is 3.78. The van der Waals surface area contributed by atoms with Gasteiger partial charge in [-0.1, -0.05) is 0 Å². The molecule has 18 heavy (non-hydrogen) atoms. The van der Waals surface area contributed by atoms with Crippen LogP contribution in [0.25, 0.3) is 0 Å². The molecule has 1 unspecified atom stereocenters. The molecule has 1 aromatic rings. The van der Waals surface area contributed by atoms with E-state index in [0.29, 0.717) is 18.6 Å². The second-order valence-electron chi connectivity index (χ2n) is 5.26. The molecular weight excluding hydrogens is 226 g/mol. The number of nitrogens with one attached hydrogen (secondary N) is 1. The predicted octanol–water partition coefficient (Wildman–Crippen LogP) is 1.37. The SMILES string of the molecule is NCC1CCCCN1c1cc(NC2CC2)ncn1. The summed E-state index contributed by atoms with van der Waals surface area (Å²) in [7, 11) is 0. The Hall–Kier alpha value is -1.36. The highest BCUT2D eigenvalue weighted by molar-refractivity contribution is 5.50. The first-order valence-corrected chi connectivity index (χ1v) is 6.92. The summed E-state index contributed by atoms with van der Waals surface area (Å²) >= 11 is 0. The molecule has 0 radical (unpaired) electrons. The molecule has 1 aromatic heterocycles. The van der Waals surface area contributed by atoms with Crippen molar-refractivity contribution in [3.8, 4) is 0 Å². The molecule has 1 saturated heterocycles. The van der Waals surface area contributed by atoms with Crippen LogP contribution in [0.1, 0.15) is 32.1 Å². The Labute approximate surface area is 108 Å². The lowest BCUT2D eigenvalue weighted by Crippen LogP contribution is -2.44. The summed E-state index contributed by atoms with van der Waals surface area (Å²) in [5.41, 5.74) is 5.86. The molecule has 1 atom stereocenters. The van der Waals surface area contributed by atoms with Crippen molar-refractivity contribution in [2.45, 2.75) is 44.2 Å². The number of aromatic nitrogens is 2. The van der Waals surface area contributed by atoms with E-state index in [-0.39, 0.29) is 0 Å². The van der Waals surface area contributed by atoms with E-state index in [1.54, 1.807) is 6.33 Å². The zero-order valence-electron chi connectivity index (χ0n) is 10.7. The van der Waals surface area contributed by atoms with E-state index in [2.05, 4.69) is 26.3 Å². The zero-order valence-corrected chi connectivity index (χ0v) is 10.7. The van der Waals surface area contributed by atoms with Crippen LogP contribution < -0.4 is 16.0 Å². The third kappa shape index (κ3) is 2.56. The van der Waals surface area contributed by atoms with E-state index >= 15 is 0 Å². The lowest BCUT2D eigenvalue weighted by Gasteiger charge is -2.36. The van der Waals surface area contributed by atoms with Crippen molar-refractivity contribution < 1.29 is 0 Å². The number of piperidine rings is 1. The van der Waals surface area contributed by atoms with Crippen molar-refractivity contribution in [2.75, 3.05) is 23.3 Å². The molecule has 5 nitrogen and oxygen atoms in total. The Balaban J connectivity index is 1.76. The highest BCUT2D eigenvalue weighted by Crippen LogP contribution is 2.27. The van der Waals surface area contributed by atoms with Gasteiger partial charge in [-0.15, -0.1) is 0 Å². The Morgan fingerprint density at radius 2 is 2.17 bits per heavy atom. The van der Waals surface area contributed by atoms with Gasteiger partial charge >= 0.3 is 0 Å². The molecule has 2 fully saturated rings. The molecule has 98 valence electrons. The van der Waals surface area contributed by atoms with Gasteiger partial charge in [-0.05, 0) is 32.1 Å². The second-order valence-corrected chi connectivity index (χ2v) is 5.26. The van der Waals surface area contributed by atoms with E-state index in [4.69, 9.17) is 5.73 Å².